The topological polar surface area (TPSA) is 78.6 Å². The van der Waals surface area contributed by atoms with Gasteiger partial charge in [-0.05, 0) is 6.92 Å². The van der Waals surface area contributed by atoms with Crippen LogP contribution in [0.4, 0.5) is 0 Å². The molecule has 1 aliphatic rings. The summed E-state index contributed by atoms with van der Waals surface area (Å²) < 4.78 is 22.9. The number of azo groups is 1. The van der Waals surface area contributed by atoms with Gasteiger partial charge in [0, 0.05) is 23.3 Å². The zero-order valence-corrected chi connectivity index (χ0v) is 11.9. The third kappa shape index (κ3) is 5.22. The Morgan fingerprint density at radius 2 is 2.17 bits per heavy atom. The minimum absolute atomic E-state index is 0. The van der Waals surface area contributed by atoms with Gasteiger partial charge in [0.2, 0.25) is 0 Å². The van der Waals surface area contributed by atoms with Crippen molar-refractivity contribution < 1.29 is 18.7 Å². The molecule has 0 saturated carbocycles. The van der Waals surface area contributed by atoms with E-state index in [1.165, 1.54) is 12.6 Å². The minimum atomic E-state index is -3.43. The van der Waals surface area contributed by atoms with Crippen LogP contribution < -0.4 is 5.32 Å². The third-order valence-electron chi connectivity index (χ3n) is 1.75. The predicted octanol–water partition coefficient (Wildman–Crippen LogP) is 1.43. The van der Waals surface area contributed by atoms with Crippen LogP contribution in [0, 0.1) is 6.54 Å². The number of nitrogens with zero attached hydrogens (tertiary/aromatic N) is 2. The van der Waals surface area contributed by atoms with E-state index >= 15 is 0 Å². The molecule has 7 heteroatoms. The number of nitrogens with one attached hydrogen (secondary N) is 1. The van der Waals surface area contributed by atoms with E-state index in [0.29, 0.717) is 6.54 Å². The first-order valence-electron chi connectivity index (χ1n) is 5.60. The van der Waals surface area contributed by atoms with E-state index < -0.39 is 15.9 Å². The van der Waals surface area contributed by atoms with Gasteiger partial charge in [-0.2, -0.15) is 8.42 Å². The summed E-state index contributed by atoms with van der Waals surface area (Å²) in [5.74, 6) is -0.402. The largest absolute Gasteiger partial charge is 0.385 e. The van der Waals surface area contributed by atoms with E-state index in [2.05, 4.69) is 10.4 Å². The highest BCUT2D eigenvalue weighted by Gasteiger charge is 2.29. The third-order valence-corrected chi connectivity index (χ3v) is 2.64. The normalized spacial score (nSPS) is 14.7. The van der Waals surface area contributed by atoms with Crippen molar-refractivity contribution in [2.24, 2.45) is 5.11 Å². The minimum Gasteiger partial charge on any atom is -0.347 e. The van der Waals surface area contributed by atoms with E-state index in [1.807, 2.05) is 20.8 Å². The summed E-state index contributed by atoms with van der Waals surface area (Å²) in [5.41, 5.74) is 0.0786. The first-order valence-corrected chi connectivity index (χ1v) is 7.45. The number of hydrogen-bond donors (Lipinski definition) is 1. The molecule has 0 aliphatic carbocycles. The molecular weight excluding hydrogens is 254 g/mol. The summed E-state index contributed by atoms with van der Waals surface area (Å²) in [6.07, 6.45) is 5.94. The van der Waals surface area contributed by atoms with Crippen LogP contribution >= 0.6 is 0 Å². The Kier molecular flexibility index (Phi) is 7.11. The molecule has 1 radical (unpaired) electrons. The van der Waals surface area contributed by atoms with Gasteiger partial charge in [-0.3, -0.25) is 4.79 Å². The number of amides is 1. The smallest absolute Gasteiger partial charge is 0.347 e. The highest BCUT2D eigenvalue weighted by Crippen LogP contribution is 2.11. The molecule has 1 amide bonds. The summed E-state index contributed by atoms with van der Waals surface area (Å²) in [5, 5.41) is 6.22. The van der Waals surface area contributed by atoms with Crippen LogP contribution in [0.5, 0.6) is 0 Å². The Labute approximate surface area is 110 Å². The van der Waals surface area contributed by atoms with Crippen LogP contribution in [0.15, 0.2) is 29.0 Å². The van der Waals surface area contributed by atoms with E-state index in [0.717, 1.165) is 10.4 Å². The van der Waals surface area contributed by atoms with Gasteiger partial charge < -0.3 is 5.32 Å². The number of rotatable bonds is 4. The molecule has 1 N–H and O–H groups in total. The van der Waals surface area contributed by atoms with Gasteiger partial charge in [0.25, 0.3) is 12.5 Å². The van der Waals surface area contributed by atoms with Crippen molar-refractivity contribution in [3.05, 3.63) is 30.5 Å². The fourth-order valence-electron chi connectivity index (χ4n) is 0.973. The number of carbonyl (C=O) groups excluding carboxylic acids is 1. The first-order chi connectivity index (χ1) is 8.45. The van der Waals surface area contributed by atoms with E-state index in [-0.39, 0.29) is 7.12 Å². The van der Waals surface area contributed by atoms with Crippen molar-refractivity contribution in [3.63, 3.8) is 0 Å². The average molecular weight is 275 g/mol. The molecular formula is C11H21N3O3S+. The lowest BCUT2D eigenvalue weighted by molar-refractivity contribution is -0.379. The fraction of sp³-hybridized carbons (Fsp3) is 0.455. The lowest BCUT2D eigenvalue weighted by atomic mass is 10.4. The summed E-state index contributed by atoms with van der Waals surface area (Å²) in [7, 11) is -3.43. The molecule has 0 bridgehead atoms. The quantitative estimate of drug-likeness (QED) is 0.622. The highest BCUT2D eigenvalue weighted by atomic mass is 32.2. The second-order valence-corrected chi connectivity index (χ2v) is 4.96. The van der Waals surface area contributed by atoms with Crippen LogP contribution in [-0.4, -0.2) is 31.2 Å². The van der Waals surface area contributed by atoms with E-state index in [9.17, 15) is 13.2 Å². The molecule has 0 aromatic rings. The molecule has 0 spiro atoms. The second-order valence-electron chi connectivity index (χ2n) is 3.12. The van der Waals surface area contributed by atoms with Crippen LogP contribution in [0.1, 0.15) is 22.2 Å². The Morgan fingerprint density at radius 1 is 1.56 bits per heavy atom. The Bertz CT molecular complexity index is 481. The molecule has 6 nitrogen and oxygen atoms in total. The molecule has 1 aliphatic heterocycles. The summed E-state index contributed by atoms with van der Waals surface area (Å²) in [6.45, 7) is 7.46. The van der Waals surface area contributed by atoms with Crippen LogP contribution in [0.2, 0.25) is 0 Å². The number of carbonyl (C=O) groups is 1. The Morgan fingerprint density at radius 3 is 2.61 bits per heavy atom. The molecule has 0 unspecified atom stereocenters. The maximum atomic E-state index is 11.4. The Balaban J connectivity index is 0. The zero-order valence-electron chi connectivity index (χ0n) is 11.0. The molecule has 0 atom stereocenters. The van der Waals surface area contributed by atoms with Crippen LogP contribution in [0.25, 0.3) is 0 Å². The Hall–Kier alpha value is -1.50. The standard InChI is InChI=1S/C9H13N3O3S.C2H6.H2/c1-3-4-6-10-9(13)8-5-7-12(11-8)16(2,14)15;1-2;/h3-5,7H,6H2,1-2H3,(H,10,13);1-2H3;1H/q+1;;/b4-3+;;. The summed E-state index contributed by atoms with van der Waals surface area (Å²) >= 11 is 0. The molecule has 18 heavy (non-hydrogen) atoms. The van der Waals surface area contributed by atoms with Crippen molar-refractivity contribution in [3.8, 4) is 0 Å². The molecule has 0 saturated heterocycles. The summed E-state index contributed by atoms with van der Waals surface area (Å²) in [6, 6.07) is 0. The fourth-order valence-corrected chi connectivity index (χ4v) is 1.49. The SMILES string of the molecule is C/C=C/CNC(=O)C1=C[CH][N+](S(C)(=O)=O)=N1.CC.[HH]. The zero-order chi connectivity index (χ0) is 14.2. The molecule has 1 rings (SSSR count). The van der Waals surface area contributed by atoms with Crippen LogP contribution in [0.3, 0.4) is 0 Å². The molecule has 103 valence electrons. The maximum Gasteiger partial charge on any atom is 0.385 e. The first kappa shape index (κ1) is 16.5. The molecule has 0 aromatic carbocycles. The number of sulfonamides is 1. The van der Waals surface area contributed by atoms with E-state index in [1.54, 1.807) is 12.2 Å². The number of allylic oxidation sites excluding steroid dienone is 1. The van der Waals surface area contributed by atoms with Gasteiger partial charge in [-0.15, -0.1) is 0 Å². The average Bonchev–Trinajstić information content (AvgIpc) is 2.81. The molecule has 1 heterocycles. The maximum absolute atomic E-state index is 11.4. The van der Waals surface area contributed by atoms with Gasteiger partial charge >= 0.3 is 10.0 Å². The second kappa shape index (κ2) is 7.75. The lowest BCUT2D eigenvalue weighted by Gasteiger charge is -1.96. The van der Waals surface area contributed by atoms with Crippen molar-refractivity contribution >= 4 is 15.9 Å². The van der Waals surface area contributed by atoms with Gasteiger partial charge in [-0.1, -0.05) is 26.0 Å². The monoisotopic (exact) mass is 275 g/mol. The van der Waals surface area contributed by atoms with Gasteiger partial charge in [0.05, 0.1) is 0 Å². The van der Waals surface area contributed by atoms with Crippen molar-refractivity contribution in [1.29, 1.82) is 0 Å². The summed E-state index contributed by atoms with van der Waals surface area (Å²) in [4.78, 5) is 11.4. The van der Waals surface area contributed by atoms with Crippen molar-refractivity contribution in [2.45, 2.75) is 20.8 Å². The molecule has 0 aromatic heterocycles. The van der Waals surface area contributed by atoms with Crippen LogP contribution in [-0.2, 0) is 14.8 Å². The van der Waals surface area contributed by atoms with Crippen molar-refractivity contribution in [1.82, 2.24) is 5.32 Å². The van der Waals surface area contributed by atoms with E-state index in [4.69, 9.17) is 0 Å². The number of hydrogen-bond acceptors (Lipinski definition) is 4. The van der Waals surface area contributed by atoms with Gasteiger partial charge in [0.15, 0.2) is 5.70 Å². The van der Waals surface area contributed by atoms with Gasteiger partial charge in [0.1, 0.15) is 6.26 Å². The highest BCUT2D eigenvalue weighted by molar-refractivity contribution is 7.84. The molecule has 0 fully saturated rings. The predicted molar refractivity (Wildman–Crippen MR) is 71.2 cm³/mol. The van der Waals surface area contributed by atoms with Crippen molar-refractivity contribution in [2.75, 3.05) is 12.8 Å². The lowest BCUT2D eigenvalue weighted by Crippen LogP contribution is -2.24. The van der Waals surface area contributed by atoms with Gasteiger partial charge in [-0.25, -0.2) is 0 Å².